The summed E-state index contributed by atoms with van der Waals surface area (Å²) in [6.07, 6.45) is 7.01. The number of ether oxygens (including phenoxy) is 1. The molecule has 1 spiro atoms. The van der Waals surface area contributed by atoms with Crippen LogP contribution in [-0.2, 0) is 16.8 Å². The Morgan fingerprint density at radius 3 is 2.73 bits per heavy atom. The van der Waals surface area contributed by atoms with E-state index in [9.17, 15) is 4.79 Å². The van der Waals surface area contributed by atoms with E-state index in [4.69, 9.17) is 4.74 Å². The van der Waals surface area contributed by atoms with Crippen molar-refractivity contribution in [3.63, 3.8) is 0 Å². The molecule has 5 nitrogen and oxygen atoms in total. The number of carbonyl (C=O) groups excluding carboxylic acids is 1. The molecule has 3 aliphatic rings. The van der Waals surface area contributed by atoms with E-state index >= 15 is 0 Å². The number of piperidine rings is 1. The number of carbonyl (C=O) groups is 1. The zero-order valence-electron chi connectivity index (χ0n) is 14.8. The highest BCUT2D eigenvalue weighted by atomic mass is 32.1. The number of amides is 1. The summed E-state index contributed by atoms with van der Waals surface area (Å²) in [4.78, 5) is 23.9. The van der Waals surface area contributed by atoms with E-state index in [0.29, 0.717) is 0 Å². The van der Waals surface area contributed by atoms with Crippen LogP contribution >= 0.6 is 22.7 Å². The predicted molar refractivity (Wildman–Crippen MR) is 104 cm³/mol. The van der Waals surface area contributed by atoms with Gasteiger partial charge in [-0.15, -0.1) is 22.7 Å². The highest BCUT2D eigenvalue weighted by molar-refractivity contribution is 7.14. The molecule has 0 atom stereocenters. The lowest BCUT2D eigenvalue weighted by atomic mass is 9.82. The van der Waals surface area contributed by atoms with E-state index in [1.54, 1.807) is 22.7 Å². The van der Waals surface area contributed by atoms with Crippen molar-refractivity contribution in [1.82, 2.24) is 9.88 Å². The van der Waals surface area contributed by atoms with Crippen molar-refractivity contribution in [1.29, 1.82) is 0 Å². The molecule has 3 aliphatic heterocycles. The molecule has 5 rings (SSSR count). The lowest BCUT2D eigenvalue weighted by Gasteiger charge is -2.44. The van der Waals surface area contributed by atoms with Gasteiger partial charge < -0.3 is 14.5 Å². The van der Waals surface area contributed by atoms with Crippen LogP contribution in [0, 0.1) is 0 Å². The lowest BCUT2D eigenvalue weighted by Crippen LogP contribution is -2.46. The fraction of sp³-hybridized carbons (Fsp3) is 0.579. The van der Waals surface area contributed by atoms with E-state index in [0.717, 1.165) is 74.9 Å². The minimum atomic E-state index is -0.207. The van der Waals surface area contributed by atoms with Crippen molar-refractivity contribution in [2.24, 2.45) is 0 Å². The molecule has 1 amide bonds. The number of hydrogen-bond acceptors (Lipinski definition) is 6. The van der Waals surface area contributed by atoms with Crippen LogP contribution in [0.5, 0.6) is 0 Å². The fourth-order valence-electron chi connectivity index (χ4n) is 4.44. The van der Waals surface area contributed by atoms with Crippen LogP contribution in [0.1, 0.15) is 45.8 Å². The first kappa shape index (κ1) is 16.7. The molecule has 0 aromatic carbocycles. The Bertz CT molecular complexity index is 788. The van der Waals surface area contributed by atoms with Crippen molar-refractivity contribution in [2.45, 2.75) is 37.7 Å². The maximum Gasteiger partial charge on any atom is 0.263 e. The summed E-state index contributed by atoms with van der Waals surface area (Å²) in [7, 11) is 0. The number of nitrogens with zero attached hydrogens (tertiary/aromatic N) is 3. The number of rotatable bonds is 2. The van der Waals surface area contributed by atoms with E-state index in [-0.39, 0.29) is 11.5 Å². The Balaban J connectivity index is 1.39. The maximum absolute atomic E-state index is 12.8. The number of anilines is 1. The number of thiazole rings is 1. The monoisotopic (exact) mass is 389 g/mol. The van der Waals surface area contributed by atoms with E-state index in [1.165, 1.54) is 10.4 Å². The minimum absolute atomic E-state index is 0.207. The number of hydrogen-bond donors (Lipinski definition) is 0. The zero-order valence-corrected chi connectivity index (χ0v) is 16.4. The maximum atomic E-state index is 12.8. The third-order valence-corrected chi connectivity index (χ3v) is 7.89. The third-order valence-electron chi connectivity index (χ3n) is 5.87. The normalized spacial score (nSPS) is 22.0. The van der Waals surface area contributed by atoms with E-state index < -0.39 is 0 Å². The van der Waals surface area contributed by atoms with Gasteiger partial charge in [0.25, 0.3) is 5.91 Å². The van der Waals surface area contributed by atoms with Gasteiger partial charge in [-0.2, -0.15) is 0 Å². The molecule has 0 radical (unpaired) electrons. The Kier molecular flexibility index (Phi) is 4.26. The minimum Gasteiger partial charge on any atom is -0.370 e. The van der Waals surface area contributed by atoms with Gasteiger partial charge >= 0.3 is 0 Å². The molecule has 2 aromatic rings. The summed E-state index contributed by atoms with van der Waals surface area (Å²) < 4.78 is 6.36. The molecule has 0 N–H and O–H groups in total. The topological polar surface area (TPSA) is 45.7 Å². The molecule has 7 heteroatoms. The van der Waals surface area contributed by atoms with E-state index in [1.807, 2.05) is 16.5 Å². The van der Waals surface area contributed by atoms with Crippen LogP contribution in [-0.4, -0.2) is 48.6 Å². The molecular weight excluding hydrogens is 366 g/mol. The lowest BCUT2D eigenvalue weighted by molar-refractivity contribution is -0.0756. The molecule has 0 unspecified atom stereocenters. The molecule has 0 aliphatic carbocycles. The zero-order chi connectivity index (χ0) is 17.6. The van der Waals surface area contributed by atoms with Crippen molar-refractivity contribution in [3.8, 4) is 0 Å². The van der Waals surface area contributed by atoms with Crippen molar-refractivity contribution in [2.75, 3.05) is 37.7 Å². The first-order chi connectivity index (χ1) is 12.8. The molecule has 0 bridgehead atoms. The van der Waals surface area contributed by atoms with Gasteiger partial charge in [-0.3, -0.25) is 4.79 Å². The van der Waals surface area contributed by atoms with Crippen LogP contribution in [0.3, 0.4) is 0 Å². The van der Waals surface area contributed by atoms with Gasteiger partial charge in [-0.25, -0.2) is 4.98 Å². The SMILES string of the molecule is O=C(c1cc2c(s1)CCOC21CCN(c2nccs2)CC1)N1CCCC1. The Labute approximate surface area is 161 Å². The molecule has 138 valence electrons. The average Bonchev–Trinajstić information content (AvgIpc) is 3.42. The second-order valence-electron chi connectivity index (χ2n) is 7.34. The fourth-order valence-corrected chi connectivity index (χ4v) is 6.34. The molecule has 26 heavy (non-hydrogen) atoms. The Hall–Kier alpha value is -1.44. The van der Waals surface area contributed by atoms with Gasteiger partial charge in [-0.1, -0.05) is 0 Å². The van der Waals surface area contributed by atoms with Gasteiger partial charge in [0.2, 0.25) is 0 Å². The van der Waals surface area contributed by atoms with Crippen molar-refractivity contribution in [3.05, 3.63) is 33.0 Å². The molecule has 2 fully saturated rings. The standard InChI is InChI=1S/C19H23N3O2S2/c23-17(21-7-1-2-8-21)16-13-14-15(26-16)3-11-24-19(14)4-9-22(10-5-19)18-20-6-12-25-18/h6,12-13H,1-5,7-11H2. The summed E-state index contributed by atoms with van der Waals surface area (Å²) in [5.74, 6) is 0.220. The van der Waals surface area contributed by atoms with Gasteiger partial charge in [0.05, 0.1) is 17.1 Å². The van der Waals surface area contributed by atoms with Crippen LogP contribution in [0.25, 0.3) is 0 Å². The number of thiophene rings is 1. The number of aromatic nitrogens is 1. The second-order valence-corrected chi connectivity index (χ2v) is 9.35. The van der Waals surface area contributed by atoms with Crippen molar-refractivity contribution < 1.29 is 9.53 Å². The summed E-state index contributed by atoms with van der Waals surface area (Å²) in [5, 5.41) is 3.13. The predicted octanol–water partition coefficient (Wildman–Crippen LogP) is 3.51. The Morgan fingerprint density at radius 1 is 1.19 bits per heavy atom. The summed E-state index contributed by atoms with van der Waals surface area (Å²) in [6, 6.07) is 2.15. The van der Waals surface area contributed by atoms with E-state index in [2.05, 4.69) is 16.0 Å². The molecule has 2 aromatic heterocycles. The highest BCUT2D eigenvalue weighted by Gasteiger charge is 2.43. The smallest absolute Gasteiger partial charge is 0.263 e. The molecule has 2 saturated heterocycles. The third kappa shape index (κ3) is 2.77. The molecular formula is C19H23N3O2S2. The first-order valence-corrected chi connectivity index (χ1v) is 11.2. The Morgan fingerprint density at radius 2 is 2.00 bits per heavy atom. The highest BCUT2D eigenvalue weighted by Crippen LogP contribution is 2.45. The molecule has 5 heterocycles. The first-order valence-electron chi connectivity index (χ1n) is 9.46. The second kappa shape index (κ2) is 6.62. The summed E-state index contributed by atoms with van der Waals surface area (Å²) >= 11 is 3.40. The molecule has 0 saturated carbocycles. The quantitative estimate of drug-likeness (QED) is 0.789. The van der Waals surface area contributed by atoms with Crippen molar-refractivity contribution >= 4 is 33.7 Å². The van der Waals surface area contributed by atoms with Gasteiger partial charge in [0.15, 0.2) is 5.13 Å². The van der Waals surface area contributed by atoms with Crippen LogP contribution in [0.15, 0.2) is 17.6 Å². The summed E-state index contributed by atoms with van der Waals surface area (Å²) in [6.45, 7) is 4.50. The largest absolute Gasteiger partial charge is 0.370 e. The average molecular weight is 390 g/mol. The van der Waals surface area contributed by atoms with Crippen LogP contribution in [0.4, 0.5) is 5.13 Å². The van der Waals surface area contributed by atoms with Crippen LogP contribution < -0.4 is 4.90 Å². The van der Waals surface area contributed by atoms with Gasteiger partial charge in [0, 0.05) is 49.1 Å². The van der Waals surface area contributed by atoms with Crippen LogP contribution in [0.2, 0.25) is 0 Å². The number of fused-ring (bicyclic) bond motifs is 2. The van der Waals surface area contributed by atoms with Gasteiger partial charge in [0.1, 0.15) is 0 Å². The van der Waals surface area contributed by atoms with Gasteiger partial charge in [-0.05, 0) is 37.3 Å². The summed E-state index contributed by atoms with van der Waals surface area (Å²) in [5.41, 5.74) is 1.08. The number of likely N-dealkylation sites (tertiary alicyclic amines) is 1.